The van der Waals surface area contributed by atoms with Crippen LogP contribution in [0.15, 0.2) is 77.7 Å². The lowest BCUT2D eigenvalue weighted by molar-refractivity contribution is -0.384. The number of amides is 1. The van der Waals surface area contributed by atoms with Crippen LogP contribution in [0.3, 0.4) is 0 Å². The van der Waals surface area contributed by atoms with Crippen molar-refractivity contribution in [3.8, 4) is 0 Å². The molecule has 0 saturated carbocycles. The summed E-state index contributed by atoms with van der Waals surface area (Å²) in [4.78, 5) is 22.4. The number of nitrogens with one attached hydrogen (secondary N) is 2. The van der Waals surface area contributed by atoms with Crippen molar-refractivity contribution in [2.75, 3.05) is 10.0 Å². The number of non-ortho nitro benzene ring substituents is 1. The number of hydrogen-bond donors (Lipinski definition) is 2. The SMILES string of the molecule is O=C(Nc1ccc(S(=O)(=O)Nc2cccc([N+](=O)[O-])c2)cc1)c1ccccc1Cl. The molecule has 0 fully saturated rings. The van der Waals surface area contributed by atoms with Gasteiger partial charge in [-0.1, -0.05) is 29.8 Å². The molecule has 2 N–H and O–H groups in total. The molecule has 148 valence electrons. The summed E-state index contributed by atoms with van der Waals surface area (Å²) in [6.07, 6.45) is 0. The summed E-state index contributed by atoms with van der Waals surface area (Å²) >= 11 is 5.99. The van der Waals surface area contributed by atoms with Crippen LogP contribution < -0.4 is 10.0 Å². The van der Waals surface area contributed by atoms with Gasteiger partial charge in [0.15, 0.2) is 0 Å². The van der Waals surface area contributed by atoms with Gasteiger partial charge in [0.05, 0.1) is 26.1 Å². The number of rotatable bonds is 6. The van der Waals surface area contributed by atoms with Crippen LogP contribution in [0.1, 0.15) is 10.4 Å². The molecule has 3 rings (SSSR count). The molecule has 0 spiro atoms. The van der Waals surface area contributed by atoms with Crippen LogP contribution in [0.5, 0.6) is 0 Å². The predicted molar refractivity (Wildman–Crippen MR) is 110 cm³/mol. The Balaban J connectivity index is 1.75. The fourth-order valence-corrected chi connectivity index (χ4v) is 3.73. The van der Waals surface area contributed by atoms with Gasteiger partial charge in [-0.25, -0.2) is 8.42 Å². The lowest BCUT2D eigenvalue weighted by Crippen LogP contribution is -2.14. The molecule has 10 heteroatoms. The van der Waals surface area contributed by atoms with E-state index in [9.17, 15) is 23.3 Å². The van der Waals surface area contributed by atoms with Crippen LogP contribution in [0.4, 0.5) is 17.1 Å². The number of sulfonamides is 1. The Morgan fingerprint density at radius 1 is 0.931 bits per heavy atom. The first kappa shape index (κ1) is 20.3. The molecule has 3 aromatic carbocycles. The Morgan fingerprint density at radius 3 is 2.28 bits per heavy atom. The zero-order valence-electron chi connectivity index (χ0n) is 14.7. The average Bonchev–Trinajstić information content (AvgIpc) is 2.68. The standard InChI is InChI=1S/C19H14ClN3O5S/c20-18-7-2-1-6-17(18)19(24)21-13-8-10-16(11-9-13)29(27,28)22-14-4-3-5-15(12-14)23(25)26/h1-12,22H,(H,21,24). The normalized spacial score (nSPS) is 10.9. The third-order valence-corrected chi connectivity index (χ3v) is 5.58. The van der Waals surface area contributed by atoms with E-state index in [0.717, 1.165) is 6.07 Å². The first-order valence-corrected chi connectivity index (χ1v) is 10.1. The van der Waals surface area contributed by atoms with Crippen LogP contribution in [0.25, 0.3) is 0 Å². The van der Waals surface area contributed by atoms with Crippen molar-refractivity contribution in [2.24, 2.45) is 0 Å². The lowest BCUT2D eigenvalue weighted by atomic mass is 10.2. The molecule has 0 bridgehead atoms. The molecule has 0 saturated heterocycles. The second kappa shape index (κ2) is 8.29. The second-order valence-corrected chi connectivity index (χ2v) is 7.96. The number of hydrogen-bond acceptors (Lipinski definition) is 5. The minimum absolute atomic E-state index is 0.0651. The number of carbonyl (C=O) groups excluding carboxylic acids is 1. The Kier molecular flexibility index (Phi) is 5.81. The van der Waals surface area contributed by atoms with Gasteiger partial charge >= 0.3 is 0 Å². The van der Waals surface area contributed by atoms with E-state index in [0.29, 0.717) is 16.3 Å². The van der Waals surface area contributed by atoms with E-state index < -0.39 is 20.9 Å². The van der Waals surface area contributed by atoms with Gasteiger partial charge in [0.1, 0.15) is 0 Å². The maximum absolute atomic E-state index is 12.5. The van der Waals surface area contributed by atoms with Crippen molar-refractivity contribution in [1.82, 2.24) is 0 Å². The molecule has 3 aromatic rings. The highest BCUT2D eigenvalue weighted by Gasteiger charge is 2.16. The number of benzene rings is 3. The number of carbonyl (C=O) groups is 1. The van der Waals surface area contributed by atoms with Crippen LogP contribution in [0.2, 0.25) is 5.02 Å². The molecule has 0 aromatic heterocycles. The monoisotopic (exact) mass is 431 g/mol. The maximum atomic E-state index is 12.5. The van der Waals surface area contributed by atoms with E-state index in [1.165, 1.54) is 42.5 Å². The summed E-state index contributed by atoms with van der Waals surface area (Å²) in [5, 5.41) is 13.8. The van der Waals surface area contributed by atoms with Crippen molar-refractivity contribution in [2.45, 2.75) is 4.90 Å². The van der Waals surface area contributed by atoms with Crippen molar-refractivity contribution in [3.05, 3.63) is 93.5 Å². The maximum Gasteiger partial charge on any atom is 0.271 e. The van der Waals surface area contributed by atoms with Crippen LogP contribution in [-0.2, 0) is 10.0 Å². The van der Waals surface area contributed by atoms with E-state index in [2.05, 4.69) is 10.0 Å². The topological polar surface area (TPSA) is 118 Å². The van der Waals surface area contributed by atoms with Crippen LogP contribution in [0, 0.1) is 10.1 Å². The number of nitro benzene ring substituents is 1. The fraction of sp³-hybridized carbons (Fsp3) is 0. The van der Waals surface area contributed by atoms with Gasteiger partial charge < -0.3 is 5.32 Å². The van der Waals surface area contributed by atoms with Gasteiger partial charge in [0.25, 0.3) is 21.6 Å². The highest BCUT2D eigenvalue weighted by atomic mass is 35.5. The van der Waals surface area contributed by atoms with E-state index in [-0.39, 0.29) is 16.3 Å². The number of halogens is 1. The smallest absolute Gasteiger partial charge is 0.271 e. The number of anilines is 2. The first-order chi connectivity index (χ1) is 13.8. The van der Waals surface area contributed by atoms with Crippen molar-refractivity contribution in [1.29, 1.82) is 0 Å². The largest absolute Gasteiger partial charge is 0.322 e. The Morgan fingerprint density at radius 2 is 1.62 bits per heavy atom. The van der Waals surface area contributed by atoms with E-state index in [4.69, 9.17) is 11.6 Å². The quantitative estimate of drug-likeness (QED) is 0.445. The Hall–Kier alpha value is -3.43. The van der Waals surface area contributed by atoms with Gasteiger partial charge in [-0.2, -0.15) is 0 Å². The molecule has 0 radical (unpaired) electrons. The van der Waals surface area contributed by atoms with Gasteiger partial charge in [0.2, 0.25) is 0 Å². The minimum atomic E-state index is -3.97. The molecule has 0 aliphatic heterocycles. The van der Waals surface area contributed by atoms with Crippen molar-refractivity contribution < 1.29 is 18.1 Å². The summed E-state index contributed by atoms with van der Waals surface area (Å²) in [6, 6.07) is 17.2. The summed E-state index contributed by atoms with van der Waals surface area (Å²) < 4.78 is 27.3. The number of nitro groups is 1. The molecule has 8 nitrogen and oxygen atoms in total. The van der Waals surface area contributed by atoms with Gasteiger partial charge in [-0.05, 0) is 42.5 Å². The molecular formula is C19H14ClN3O5S. The third kappa shape index (κ3) is 4.89. The van der Waals surface area contributed by atoms with E-state index >= 15 is 0 Å². The zero-order chi connectivity index (χ0) is 21.0. The molecule has 0 heterocycles. The molecular weight excluding hydrogens is 418 g/mol. The summed E-state index contributed by atoms with van der Waals surface area (Å²) in [6.45, 7) is 0. The predicted octanol–water partition coefficient (Wildman–Crippen LogP) is 4.30. The minimum Gasteiger partial charge on any atom is -0.322 e. The van der Waals surface area contributed by atoms with E-state index in [1.54, 1.807) is 24.3 Å². The van der Waals surface area contributed by atoms with Crippen LogP contribution in [-0.4, -0.2) is 19.2 Å². The van der Waals surface area contributed by atoms with E-state index in [1.807, 2.05) is 0 Å². The first-order valence-electron chi connectivity index (χ1n) is 8.19. The van der Waals surface area contributed by atoms with Gasteiger partial charge in [-0.3, -0.25) is 19.6 Å². The highest BCUT2D eigenvalue weighted by Crippen LogP contribution is 2.22. The Bertz CT molecular complexity index is 1180. The zero-order valence-corrected chi connectivity index (χ0v) is 16.3. The van der Waals surface area contributed by atoms with Crippen molar-refractivity contribution >= 4 is 44.6 Å². The second-order valence-electron chi connectivity index (χ2n) is 5.87. The molecule has 0 aliphatic carbocycles. The Labute approximate surface area is 171 Å². The molecule has 0 atom stereocenters. The third-order valence-electron chi connectivity index (χ3n) is 3.85. The number of nitrogens with zero attached hydrogens (tertiary/aromatic N) is 1. The summed E-state index contributed by atoms with van der Waals surface area (Å²) in [5.74, 6) is -0.430. The summed E-state index contributed by atoms with van der Waals surface area (Å²) in [5.41, 5.74) is 0.501. The molecule has 29 heavy (non-hydrogen) atoms. The molecule has 0 unspecified atom stereocenters. The van der Waals surface area contributed by atoms with Gasteiger partial charge in [0, 0.05) is 17.8 Å². The van der Waals surface area contributed by atoms with Crippen molar-refractivity contribution in [3.63, 3.8) is 0 Å². The highest BCUT2D eigenvalue weighted by molar-refractivity contribution is 7.92. The molecule has 0 aliphatic rings. The van der Waals surface area contributed by atoms with Crippen LogP contribution >= 0.6 is 11.6 Å². The van der Waals surface area contributed by atoms with Gasteiger partial charge in [-0.15, -0.1) is 0 Å². The summed E-state index contributed by atoms with van der Waals surface area (Å²) in [7, 11) is -3.97. The fourth-order valence-electron chi connectivity index (χ4n) is 2.46. The average molecular weight is 432 g/mol. The molecule has 1 amide bonds. The lowest BCUT2D eigenvalue weighted by Gasteiger charge is -2.10.